The molecular weight excluding hydrogens is 422 g/mol. The quantitative estimate of drug-likeness (QED) is 0.652. The largest absolute Gasteiger partial charge is 0.494 e. The Kier molecular flexibility index (Phi) is 7.77. The number of rotatable bonds is 6. The summed E-state index contributed by atoms with van der Waals surface area (Å²) in [6, 6.07) is 6.37. The summed E-state index contributed by atoms with van der Waals surface area (Å²) in [5, 5.41) is 0. The number of hydrogen-bond donors (Lipinski definition) is 0. The van der Waals surface area contributed by atoms with Crippen molar-refractivity contribution >= 4 is 22.0 Å². The van der Waals surface area contributed by atoms with E-state index in [1.54, 1.807) is 41.0 Å². The van der Waals surface area contributed by atoms with Crippen molar-refractivity contribution < 1.29 is 27.5 Å². The van der Waals surface area contributed by atoms with Gasteiger partial charge in [0.2, 0.25) is 15.9 Å². The van der Waals surface area contributed by atoms with Crippen molar-refractivity contribution in [1.82, 2.24) is 14.1 Å². The number of benzene rings is 1. The molecule has 2 aliphatic heterocycles. The van der Waals surface area contributed by atoms with Crippen LogP contribution in [-0.2, 0) is 19.6 Å². The number of ether oxygens (including phenoxy) is 2. The Bertz CT molecular complexity index is 866. The van der Waals surface area contributed by atoms with Crippen LogP contribution in [0, 0.1) is 5.92 Å². The first-order valence-corrected chi connectivity index (χ1v) is 12.2. The van der Waals surface area contributed by atoms with Gasteiger partial charge in [0.05, 0.1) is 24.0 Å². The van der Waals surface area contributed by atoms with Gasteiger partial charge in [0, 0.05) is 39.3 Å². The molecule has 2 amide bonds. The normalized spacial score (nSPS) is 20.4. The molecule has 1 aromatic rings. The Morgan fingerprint density at radius 3 is 2.23 bits per heavy atom. The van der Waals surface area contributed by atoms with Crippen molar-refractivity contribution in [1.29, 1.82) is 0 Å². The van der Waals surface area contributed by atoms with Gasteiger partial charge < -0.3 is 19.3 Å². The first-order valence-electron chi connectivity index (χ1n) is 10.8. The molecule has 0 spiro atoms. The lowest BCUT2D eigenvalue weighted by Gasteiger charge is -2.38. The molecule has 2 saturated heterocycles. The van der Waals surface area contributed by atoms with Crippen molar-refractivity contribution in [2.75, 3.05) is 52.5 Å². The summed E-state index contributed by atoms with van der Waals surface area (Å²) >= 11 is 0. The van der Waals surface area contributed by atoms with Gasteiger partial charge in [0.25, 0.3) is 0 Å². The molecule has 0 radical (unpaired) electrons. The summed E-state index contributed by atoms with van der Waals surface area (Å²) in [4.78, 5) is 28.4. The maximum absolute atomic E-state index is 13.1. The topological polar surface area (TPSA) is 96.5 Å². The van der Waals surface area contributed by atoms with E-state index in [1.807, 2.05) is 6.92 Å². The summed E-state index contributed by atoms with van der Waals surface area (Å²) in [7, 11) is -3.68. The van der Waals surface area contributed by atoms with E-state index in [4.69, 9.17) is 9.47 Å². The zero-order valence-electron chi connectivity index (χ0n) is 18.2. The first-order chi connectivity index (χ1) is 14.9. The fourth-order valence-electron chi connectivity index (χ4n) is 3.97. The molecule has 1 atom stereocenters. The van der Waals surface area contributed by atoms with Crippen molar-refractivity contribution in [2.24, 2.45) is 5.92 Å². The molecule has 10 heteroatoms. The minimum Gasteiger partial charge on any atom is -0.494 e. The summed E-state index contributed by atoms with van der Waals surface area (Å²) in [6.45, 7) is 6.73. The monoisotopic (exact) mass is 453 g/mol. The van der Waals surface area contributed by atoms with Gasteiger partial charge in [-0.25, -0.2) is 13.2 Å². The summed E-state index contributed by atoms with van der Waals surface area (Å²) in [6.07, 6.45) is 0.932. The van der Waals surface area contributed by atoms with E-state index < -0.39 is 10.0 Å². The smallest absolute Gasteiger partial charge is 0.409 e. The van der Waals surface area contributed by atoms with Crippen LogP contribution in [-0.4, -0.2) is 87.0 Å². The highest BCUT2D eigenvalue weighted by Crippen LogP contribution is 2.26. The fraction of sp³-hybridized carbons (Fsp3) is 0.619. The number of carbonyl (C=O) groups excluding carboxylic acids is 2. The zero-order chi connectivity index (χ0) is 22.4. The third-order valence-electron chi connectivity index (χ3n) is 5.62. The van der Waals surface area contributed by atoms with Crippen LogP contribution in [0.5, 0.6) is 5.75 Å². The molecule has 0 N–H and O–H groups in total. The number of sulfonamides is 1. The Morgan fingerprint density at radius 1 is 0.968 bits per heavy atom. The van der Waals surface area contributed by atoms with Crippen LogP contribution in [0.15, 0.2) is 29.2 Å². The van der Waals surface area contributed by atoms with E-state index in [-0.39, 0.29) is 29.4 Å². The van der Waals surface area contributed by atoms with Gasteiger partial charge in [-0.3, -0.25) is 4.79 Å². The number of amides is 2. The van der Waals surface area contributed by atoms with Gasteiger partial charge in [0.1, 0.15) is 5.75 Å². The van der Waals surface area contributed by atoms with Crippen molar-refractivity contribution in [3.63, 3.8) is 0 Å². The number of carbonyl (C=O) groups is 2. The zero-order valence-corrected chi connectivity index (χ0v) is 19.0. The van der Waals surface area contributed by atoms with E-state index in [0.717, 1.165) is 0 Å². The predicted octanol–water partition coefficient (Wildman–Crippen LogP) is 1.79. The molecule has 0 saturated carbocycles. The van der Waals surface area contributed by atoms with Crippen LogP contribution in [0.1, 0.15) is 26.7 Å². The van der Waals surface area contributed by atoms with Gasteiger partial charge in [-0.1, -0.05) is 0 Å². The average Bonchev–Trinajstić information content (AvgIpc) is 2.79. The van der Waals surface area contributed by atoms with E-state index in [1.165, 1.54) is 4.31 Å². The molecule has 9 nitrogen and oxygen atoms in total. The molecule has 31 heavy (non-hydrogen) atoms. The highest BCUT2D eigenvalue weighted by molar-refractivity contribution is 7.89. The van der Waals surface area contributed by atoms with Gasteiger partial charge in [-0.2, -0.15) is 4.31 Å². The van der Waals surface area contributed by atoms with Crippen LogP contribution in [0.2, 0.25) is 0 Å². The third kappa shape index (κ3) is 5.48. The molecule has 2 aliphatic rings. The Balaban J connectivity index is 1.61. The second kappa shape index (κ2) is 10.3. The van der Waals surface area contributed by atoms with Gasteiger partial charge in [0.15, 0.2) is 0 Å². The number of hydrogen-bond acceptors (Lipinski definition) is 6. The van der Waals surface area contributed by atoms with Crippen molar-refractivity contribution in [3.05, 3.63) is 24.3 Å². The number of piperazine rings is 1. The number of nitrogens with zero attached hydrogens (tertiary/aromatic N) is 3. The Labute approximate surface area is 183 Å². The Morgan fingerprint density at radius 2 is 1.61 bits per heavy atom. The molecular formula is C21H31N3O6S. The lowest BCUT2D eigenvalue weighted by Crippen LogP contribution is -2.54. The van der Waals surface area contributed by atoms with E-state index in [0.29, 0.717) is 64.5 Å². The maximum atomic E-state index is 13.1. The molecule has 0 aromatic heterocycles. The summed E-state index contributed by atoms with van der Waals surface area (Å²) < 4.78 is 38.0. The van der Waals surface area contributed by atoms with Crippen LogP contribution >= 0.6 is 0 Å². The maximum Gasteiger partial charge on any atom is 0.409 e. The van der Waals surface area contributed by atoms with E-state index in [2.05, 4.69) is 0 Å². The molecule has 3 rings (SSSR count). The predicted molar refractivity (Wildman–Crippen MR) is 114 cm³/mol. The third-order valence-corrected chi connectivity index (χ3v) is 7.50. The van der Waals surface area contributed by atoms with E-state index in [9.17, 15) is 18.0 Å². The molecule has 2 fully saturated rings. The minimum atomic E-state index is -3.68. The van der Waals surface area contributed by atoms with Crippen LogP contribution in [0.3, 0.4) is 0 Å². The molecule has 1 aromatic carbocycles. The fourth-order valence-corrected chi connectivity index (χ4v) is 5.49. The van der Waals surface area contributed by atoms with Crippen molar-refractivity contribution in [2.45, 2.75) is 31.6 Å². The number of piperidine rings is 1. The van der Waals surface area contributed by atoms with Crippen LogP contribution in [0.25, 0.3) is 0 Å². The summed E-state index contributed by atoms with van der Waals surface area (Å²) in [5.41, 5.74) is 0. The molecule has 2 heterocycles. The first kappa shape index (κ1) is 23.3. The van der Waals surface area contributed by atoms with Gasteiger partial charge in [-0.05, 0) is 51.0 Å². The van der Waals surface area contributed by atoms with Crippen LogP contribution < -0.4 is 4.74 Å². The molecule has 0 aliphatic carbocycles. The second-order valence-corrected chi connectivity index (χ2v) is 9.56. The lowest BCUT2D eigenvalue weighted by molar-refractivity contribution is -0.138. The Hall–Kier alpha value is -2.33. The minimum absolute atomic E-state index is 0.0462. The molecule has 172 valence electrons. The highest BCUT2D eigenvalue weighted by atomic mass is 32.2. The van der Waals surface area contributed by atoms with Crippen LogP contribution in [0.4, 0.5) is 4.79 Å². The van der Waals surface area contributed by atoms with Crippen molar-refractivity contribution in [3.8, 4) is 5.75 Å². The lowest BCUT2D eigenvalue weighted by atomic mass is 9.98. The van der Waals surface area contributed by atoms with E-state index >= 15 is 0 Å². The highest BCUT2D eigenvalue weighted by Gasteiger charge is 2.36. The van der Waals surface area contributed by atoms with Gasteiger partial charge >= 0.3 is 6.09 Å². The van der Waals surface area contributed by atoms with Gasteiger partial charge in [-0.15, -0.1) is 0 Å². The molecule has 0 unspecified atom stereocenters. The standard InChI is InChI=1S/C21H31N3O6S/c1-3-29-18-7-9-19(10-8-18)31(27,28)24-11-5-6-17(16-24)20(25)22-12-14-23(15-13-22)21(26)30-4-2/h7-10,17H,3-6,11-16H2,1-2H3/t17-/m0/s1. The SMILES string of the molecule is CCOC(=O)N1CCN(C(=O)[C@H]2CCCN(S(=O)(=O)c3ccc(OCC)cc3)C2)CC1. The second-order valence-electron chi connectivity index (χ2n) is 7.62. The molecule has 0 bridgehead atoms. The summed E-state index contributed by atoms with van der Waals surface area (Å²) in [5.74, 6) is 0.200. The average molecular weight is 454 g/mol.